The zero-order chi connectivity index (χ0) is 74.6. The number of phosphoric ester groups is 2. The lowest BCUT2D eigenvalue weighted by Gasteiger charge is -2.21. The van der Waals surface area contributed by atoms with Gasteiger partial charge >= 0.3 is 39.5 Å². The Labute approximate surface area is 617 Å². The van der Waals surface area contributed by atoms with Crippen LogP contribution in [0.3, 0.4) is 0 Å². The minimum Gasteiger partial charge on any atom is -0.462 e. The third-order valence-electron chi connectivity index (χ3n) is 15.8. The first kappa shape index (κ1) is 96.9. The normalized spacial score (nSPS) is 14.7. The van der Waals surface area contributed by atoms with Crippen LogP contribution in [-0.4, -0.2) is 96.7 Å². The van der Waals surface area contributed by atoms with E-state index in [9.17, 15) is 43.2 Å². The van der Waals surface area contributed by atoms with Crippen molar-refractivity contribution < 1.29 is 80.2 Å². The summed E-state index contributed by atoms with van der Waals surface area (Å²) in [6, 6.07) is 0. The van der Waals surface area contributed by atoms with E-state index >= 15 is 0 Å². The van der Waals surface area contributed by atoms with Crippen LogP contribution in [-0.2, 0) is 65.4 Å². The maximum atomic E-state index is 13.1. The minimum atomic E-state index is -5.00. The lowest BCUT2D eigenvalue weighted by atomic mass is 10.1. The maximum Gasteiger partial charge on any atom is 0.472 e. The molecular formula is C83H138O17P2. The van der Waals surface area contributed by atoms with Crippen molar-refractivity contribution in [3.05, 3.63) is 146 Å². The van der Waals surface area contributed by atoms with Crippen molar-refractivity contribution in [3.63, 3.8) is 0 Å². The summed E-state index contributed by atoms with van der Waals surface area (Å²) in [4.78, 5) is 72.9. The van der Waals surface area contributed by atoms with Gasteiger partial charge in [0, 0.05) is 25.7 Å². The number of esters is 4. The van der Waals surface area contributed by atoms with Crippen LogP contribution in [0.4, 0.5) is 0 Å². The molecular weight excluding hydrogens is 1330 g/mol. The van der Waals surface area contributed by atoms with Crippen molar-refractivity contribution in [3.8, 4) is 0 Å². The van der Waals surface area contributed by atoms with E-state index in [1.54, 1.807) is 0 Å². The average molecular weight is 1470 g/mol. The maximum absolute atomic E-state index is 13.1. The first-order valence-corrected chi connectivity index (χ1v) is 42.1. The average Bonchev–Trinajstić information content (AvgIpc) is 0.908. The Bertz CT molecular complexity index is 2510. The van der Waals surface area contributed by atoms with Gasteiger partial charge in [-0.15, -0.1) is 0 Å². The van der Waals surface area contributed by atoms with Gasteiger partial charge in [0.25, 0.3) is 0 Å². The van der Waals surface area contributed by atoms with Gasteiger partial charge in [0.1, 0.15) is 19.3 Å². The number of carbonyl (C=O) groups is 4. The van der Waals surface area contributed by atoms with Gasteiger partial charge in [-0.3, -0.25) is 37.3 Å². The molecule has 0 aliphatic carbocycles. The third-order valence-corrected chi connectivity index (χ3v) is 17.7. The van der Waals surface area contributed by atoms with Gasteiger partial charge in [-0.2, -0.15) is 0 Å². The number of hydrogen-bond acceptors (Lipinski definition) is 15. The number of unbranched alkanes of at least 4 members (excludes halogenated alkanes) is 22. The second-order valence-corrected chi connectivity index (χ2v) is 28.4. The number of aliphatic hydroxyl groups is 1. The summed E-state index contributed by atoms with van der Waals surface area (Å²) in [7, 11) is -10.00. The van der Waals surface area contributed by atoms with E-state index in [0.717, 1.165) is 141 Å². The first-order valence-electron chi connectivity index (χ1n) is 39.1. The summed E-state index contributed by atoms with van der Waals surface area (Å²) >= 11 is 0. The van der Waals surface area contributed by atoms with E-state index in [4.69, 9.17) is 37.0 Å². The number of aliphatic hydroxyl groups excluding tert-OH is 1. The molecule has 0 aromatic rings. The van der Waals surface area contributed by atoms with Crippen molar-refractivity contribution in [2.45, 2.75) is 316 Å². The second kappa shape index (κ2) is 74.2. The Balaban J connectivity index is 5.46. The predicted molar refractivity (Wildman–Crippen MR) is 417 cm³/mol. The number of phosphoric acid groups is 2. The summed E-state index contributed by atoms with van der Waals surface area (Å²) in [5.74, 6) is -2.33. The summed E-state index contributed by atoms with van der Waals surface area (Å²) in [6.45, 7) is 4.47. The third kappa shape index (κ3) is 73.3. The molecule has 0 heterocycles. The van der Waals surface area contributed by atoms with Crippen LogP contribution in [0.5, 0.6) is 0 Å². The van der Waals surface area contributed by atoms with Gasteiger partial charge in [-0.25, -0.2) is 9.13 Å². The molecule has 582 valence electrons. The van der Waals surface area contributed by atoms with Gasteiger partial charge in [0.15, 0.2) is 12.2 Å². The van der Waals surface area contributed by atoms with Gasteiger partial charge in [0.05, 0.1) is 26.4 Å². The van der Waals surface area contributed by atoms with Gasteiger partial charge < -0.3 is 33.8 Å². The Kier molecular flexibility index (Phi) is 70.5. The highest BCUT2D eigenvalue weighted by molar-refractivity contribution is 7.47. The number of hydrogen-bond donors (Lipinski definition) is 3. The smallest absolute Gasteiger partial charge is 0.462 e. The minimum absolute atomic E-state index is 0.0676. The molecule has 0 rings (SSSR count). The van der Waals surface area contributed by atoms with Crippen molar-refractivity contribution in [2.75, 3.05) is 39.6 Å². The number of ether oxygens (including phenoxy) is 4. The molecule has 0 saturated carbocycles. The van der Waals surface area contributed by atoms with Crippen LogP contribution in [0.2, 0.25) is 0 Å². The van der Waals surface area contributed by atoms with E-state index in [2.05, 4.69) is 149 Å². The lowest BCUT2D eigenvalue weighted by Crippen LogP contribution is -2.30. The fourth-order valence-electron chi connectivity index (χ4n) is 9.87. The highest BCUT2D eigenvalue weighted by atomic mass is 31.2. The molecule has 102 heavy (non-hydrogen) atoms. The molecule has 19 heteroatoms. The van der Waals surface area contributed by atoms with Crippen LogP contribution < -0.4 is 0 Å². The van der Waals surface area contributed by atoms with Crippen molar-refractivity contribution in [2.24, 2.45) is 0 Å². The van der Waals surface area contributed by atoms with Gasteiger partial charge in [-0.05, 0) is 154 Å². The van der Waals surface area contributed by atoms with Crippen LogP contribution in [0.25, 0.3) is 0 Å². The van der Waals surface area contributed by atoms with Gasteiger partial charge in [0.2, 0.25) is 0 Å². The molecule has 0 aromatic carbocycles. The SMILES string of the molecule is CC/C=C\C/C=C\C/C=C\C/C=C\C/C=C\CCCC(=O)OCC(COP(=O)(O)OCC(O)COP(=O)(O)OCC(COC(=O)CCC/C=C\C/C=C\C/C=C\C/C=C\C/C=C\CC)OC(=O)CCCCCCC/C=C\CCCCCCCC)OC(=O)CCCCCCC/C=C\CCCCCC. The Hall–Kier alpha value is -5.06. The lowest BCUT2D eigenvalue weighted by molar-refractivity contribution is -0.161. The number of rotatable bonds is 72. The molecule has 5 atom stereocenters. The highest BCUT2D eigenvalue weighted by Crippen LogP contribution is 2.45. The van der Waals surface area contributed by atoms with E-state index in [1.807, 2.05) is 24.3 Å². The van der Waals surface area contributed by atoms with E-state index < -0.39 is 97.5 Å². The molecule has 0 spiro atoms. The van der Waals surface area contributed by atoms with E-state index in [0.29, 0.717) is 38.5 Å². The van der Waals surface area contributed by atoms with Crippen LogP contribution in [0.15, 0.2) is 146 Å². The Morgan fingerprint density at radius 1 is 0.284 bits per heavy atom. The van der Waals surface area contributed by atoms with Crippen LogP contribution in [0.1, 0.15) is 297 Å². The summed E-state index contributed by atoms with van der Waals surface area (Å²) in [5.41, 5.74) is 0. The summed E-state index contributed by atoms with van der Waals surface area (Å²) in [5, 5.41) is 10.6. The van der Waals surface area contributed by atoms with E-state index in [-0.39, 0.29) is 25.7 Å². The molecule has 3 N–H and O–H groups in total. The molecule has 0 fully saturated rings. The predicted octanol–water partition coefficient (Wildman–Crippen LogP) is 22.7. The quantitative estimate of drug-likeness (QED) is 0.0169. The molecule has 0 aliphatic rings. The van der Waals surface area contributed by atoms with Crippen molar-refractivity contribution >= 4 is 39.5 Å². The molecule has 0 amide bonds. The largest absolute Gasteiger partial charge is 0.472 e. The Morgan fingerprint density at radius 3 is 0.833 bits per heavy atom. The highest BCUT2D eigenvalue weighted by Gasteiger charge is 2.30. The molecule has 0 radical (unpaired) electrons. The Morgan fingerprint density at radius 2 is 0.520 bits per heavy atom. The molecule has 5 unspecified atom stereocenters. The fourth-order valence-corrected chi connectivity index (χ4v) is 11.4. The van der Waals surface area contributed by atoms with Gasteiger partial charge in [-0.1, -0.05) is 263 Å². The number of carbonyl (C=O) groups excluding carboxylic acids is 4. The zero-order valence-corrected chi connectivity index (χ0v) is 65.3. The van der Waals surface area contributed by atoms with Crippen LogP contribution in [0, 0.1) is 0 Å². The molecule has 17 nitrogen and oxygen atoms in total. The number of allylic oxidation sites excluding steroid dienone is 24. The molecule has 0 bridgehead atoms. The molecule has 0 aromatic heterocycles. The van der Waals surface area contributed by atoms with Crippen molar-refractivity contribution in [1.29, 1.82) is 0 Å². The monoisotopic (exact) mass is 1470 g/mol. The topological polar surface area (TPSA) is 237 Å². The second-order valence-electron chi connectivity index (χ2n) is 25.5. The summed E-state index contributed by atoms with van der Waals surface area (Å²) in [6.07, 6.45) is 84.2. The molecule has 0 aliphatic heterocycles. The van der Waals surface area contributed by atoms with E-state index in [1.165, 1.54) is 64.2 Å². The fraction of sp³-hybridized carbons (Fsp3) is 0.663. The standard InChI is InChI=1S/C83H138O17P2/c1-5-9-13-17-21-25-29-33-36-38-41-44-47-51-55-59-63-67-80(85)93-73-78(99-82(87)69-65-61-57-53-49-43-32-28-24-20-16-12-8-4)75-97-101(89,90)95-71-77(84)72-96-102(91,92)98-76-79(100-83(88)70-66-62-58-54-50-46-40-35-31-27-23-19-15-11-7-3)74-94-81(86)68-64-60-56-52-48-45-42-39-37-34-30-26-22-18-14-10-6-2/h9-10,13-14,21-22,25-26,28,32-37,40-42,44-45,51-52,55-56,77-79,84H,5-8,11-12,15-20,23-24,27,29-31,38-39,43,46-50,53-54,57-76H2,1-4H3,(H,89,90)(H,91,92)/b13-9-,14-10-,25-21-,26-22-,32-28-,36-33-,37-34-,40-35-,44-41-,45-42-,55-51-,56-52-. The van der Waals surface area contributed by atoms with Crippen LogP contribution >= 0.6 is 15.6 Å². The zero-order valence-electron chi connectivity index (χ0n) is 63.5. The summed E-state index contributed by atoms with van der Waals surface area (Å²) < 4.78 is 68.4. The molecule has 0 saturated heterocycles. The van der Waals surface area contributed by atoms with Crippen molar-refractivity contribution in [1.82, 2.24) is 0 Å². The first-order chi connectivity index (χ1) is 49.7.